The zero-order chi connectivity index (χ0) is 25.2. The number of methoxy groups -OCH3 is 1. The summed E-state index contributed by atoms with van der Waals surface area (Å²) in [7, 11) is 2.96. The van der Waals surface area contributed by atoms with Gasteiger partial charge < -0.3 is 10.1 Å². The smallest absolute Gasteiger partial charge is 0.419 e. The van der Waals surface area contributed by atoms with E-state index in [4.69, 9.17) is 4.74 Å². The van der Waals surface area contributed by atoms with E-state index < -0.39 is 17.6 Å². The van der Waals surface area contributed by atoms with Crippen LogP contribution in [-0.2, 0) is 19.8 Å². The summed E-state index contributed by atoms with van der Waals surface area (Å²) in [5.74, 6) is -0.693. The molecule has 0 atom stereocenters. The fourth-order valence-corrected chi connectivity index (χ4v) is 3.80. The minimum Gasteiger partial charge on any atom is -0.496 e. The number of amides is 1. The predicted octanol–water partition coefficient (Wildman–Crippen LogP) is 5.41. The first-order chi connectivity index (χ1) is 16.7. The van der Waals surface area contributed by atoms with Crippen molar-refractivity contribution < 1.29 is 22.7 Å². The molecule has 2 aromatic heterocycles. The Morgan fingerprint density at radius 3 is 2.49 bits per heavy atom. The zero-order valence-corrected chi connectivity index (χ0v) is 19.3. The van der Waals surface area contributed by atoms with Crippen LogP contribution in [0.25, 0.3) is 22.3 Å². The Morgan fingerprint density at radius 2 is 1.83 bits per heavy atom. The molecule has 2 aromatic carbocycles. The maximum Gasteiger partial charge on any atom is 0.419 e. The van der Waals surface area contributed by atoms with Gasteiger partial charge in [0.15, 0.2) is 0 Å². The van der Waals surface area contributed by atoms with Crippen molar-refractivity contribution in [3.63, 3.8) is 0 Å². The summed E-state index contributed by atoms with van der Waals surface area (Å²) in [4.78, 5) is 17.5. The van der Waals surface area contributed by atoms with Gasteiger partial charge in [0.25, 0.3) is 5.91 Å². The molecule has 1 amide bonds. The summed E-state index contributed by atoms with van der Waals surface area (Å²) in [5, 5.41) is 6.93. The van der Waals surface area contributed by atoms with Gasteiger partial charge in [0, 0.05) is 48.9 Å². The van der Waals surface area contributed by atoms with E-state index in [9.17, 15) is 18.0 Å². The van der Waals surface area contributed by atoms with Gasteiger partial charge in [-0.3, -0.25) is 14.5 Å². The minimum atomic E-state index is -4.57. The first kappa shape index (κ1) is 24.0. The Morgan fingerprint density at radius 1 is 1.03 bits per heavy atom. The Hall–Kier alpha value is -4.14. The highest BCUT2D eigenvalue weighted by Crippen LogP contribution is 2.36. The van der Waals surface area contributed by atoms with Crippen molar-refractivity contribution in [1.82, 2.24) is 20.1 Å². The second-order valence-corrected chi connectivity index (χ2v) is 8.13. The van der Waals surface area contributed by atoms with Gasteiger partial charge in [-0.1, -0.05) is 18.2 Å². The van der Waals surface area contributed by atoms with Gasteiger partial charge in [-0.05, 0) is 53.4 Å². The number of carbonyl (C=O) groups excluding carboxylic acids is 1. The summed E-state index contributed by atoms with van der Waals surface area (Å²) in [5.41, 5.74) is 3.81. The summed E-state index contributed by atoms with van der Waals surface area (Å²) >= 11 is 0. The highest BCUT2D eigenvalue weighted by Gasteiger charge is 2.34. The van der Waals surface area contributed by atoms with Crippen LogP contribution in [0, 0.1) is 6.92 Å². The molecule has 0 aliphatic carbocycles. The predicted molar refractivity (Wildman–Crippen MR) is 126 cm³/mol. The summed E-state index contributed by atoms with van der Waals surface area (Å²) < 4.78 is 46.6. The first-order valence-electron chi connectivity index (χ1n) is 10.7. The monoisotopic (exact) mass is 480 g/mol. The van der Waals surface area contributed by atoms with Crippen LogP contribution < -0.4 is 10.1 Å². The third kappa shape index (κ3) is 5.34. The van der Waals surface area contributed by atoms with E-state index in [2.05, 4.69) is 15.4 Å². The number of halogens is 3. The van der Waals surface area contributed by atoms with Gasteiger partial charge in [0.2, 0.25) is 0 Å². The van der Waals surface area contributed by atoms with E-state index >= 15 is 0 Å². The van der Waals surface area contributed by atoms with Crippen LogP contribution in [0.3, 0.4) is 0 Å². The second kappa shape index (κ2) is 9.61. The molecule has 35 heavy (non-hydrogen) atoms. The van der Waals surface area contributed by atoms with Gasteiger partial charge in [-0.15, -0.1) is 0 Å². The van der Waals surface area contributed by atoms with E-state index in [0.717, 1.165) is 28.3 Å². The standard InChI is InChI=1S/C26H23F3N4O2/c1-16-8-19(13-30-11-16)18-5-6-21(20-14-32-33(2)15-20)22(10-18)25(34)31-12-17-4-7-24(35-3)23(9-17)26(27,28)29/h4-11,13-15H,12H2,1-3H3,(H,31,34). The van der Waals surface area contributed by atoms with Crippen LogP contribution in [0.5, 0.6) is 5.75 Å². The Balaban J connectivity index is 1.67. The fourth-order valence-electron chi connectivity index (χ4n) is 3.80. The van der Waals surface area contributed by atoms with Crippen LogP contribution >= 0.6 is 0 Å². The third-order valence-corrected chi connectivity index (χ3v) is 5.51. The van der Waals surface area contributed by atoms with Crippen molar-refractivity contribution in [3.05, 3.63) is 89.5 Å². The van der Waals surface area contributed by atoms with Crippen molar-refractivity contribution in [2.45, 2.75) is 19.6 Å². The maximum atomic E-state index is 13.4. The van der Waals surface area contributed by atoms with Crippen LogP contribution in [0.1, 0.15) is 27.0 Å². The lowest BCUT2D eigenvalue weighted by molar-refractivity contribution is -0.138. The average Bonchev–Trinajstić information content (AvgIpc) is 3.27. The molecular formula is C26H23F3N4O2. The van der Waals surface area contributed by atoms with Crippen molar-refractivity contribution in [2.75, 3.05) is 7.11 Å². The molecule has 9 heteroatoms. The van der Waals surface area contributed by atoms with Gasteiger partial charge >= 0.3 is 6.18 Å². The topological polar surface area (TPSA) is 69.0 Å². The van der Waals surface area contributed by atoms with E-state index in [1.807, 2.05) is 25.1 Å². The largest absolute Gasteiger partial charge is 0.496 e. The lowest BCUT2D eigenvalue weighted by atomic mass is 9.96. The normalized spacial score (nSPS) is 11.4. The van der Waals surface area contributed by atoms with E-state index in [1.54, 1.807) is 42.6 Å². The highest BCUT2D eigenvalue weighted by atomic mass is 19.4. The number of nitrogens with one attached hydrogen (secondary N) is 1. The van der Waals surface area contributed by atoms with E-state index in [-0.39, 0.29) is 12.3 Å². The molecular weight excluding hydrogens is 457 g/mol. The molecule has 0 aliphatic rings. The molecule has 0 saturated heterocycles. The fraction of sp³-hybridized carbons (Fsp3) is 0.192. The number of nitrogens with zero attached hydrogens (tertiary/aromatic N) is 3. The SMILES string of the molecule is COc1ccc(CNC(=O)c2cc(-c3cncc(C)c3)ccc2-c2cnn(C)c2)cc1C(F)(F)F. The summed E-state index contributed by atoms with van der Waals surface area (Å²) in [6.07, 6.45) is 2.32. The number of aromatic nitrogens is 3. The van der Waals surface area contributed by atoms with Crippen LogP contribution in [0.2, 0.25) is 0 Å². The number of rotatable bonds is 6. The molecule has 0 saturated carbocycles. The lowest BCUT2D eigenvalue weighted by Crippen LogP contribution is -2.24. The molecule has 0 fully saturated rings. The second-order valence-electron chi connectivity index (χ2n) is 8.13. The molecule has 6 nitrogen and oxygen atoms in total. The summed E-state index contributed by atoms with van der Waals surface area (Å²) in [6, 6.07) is 11.2. The van der Waals surface area contributed by atoms with Crippen molar-refractivity contribution in [1.29, 1.82) is 0 Å². The van der Waals surface area contributed by atoms with Crippen LogP contribution in [-0.4, -0.2) is 27.8 Å². The number of ether oxygens (including phenoxy) is 1. The van der Waals surface area contributed by atoms with Crippen molar-refractivity contribution in [2.24, 2.45) is 7.05 Å². The molecule has 2 heterocycles. The minimum absolute atomic E-state index is 0.0887. The zero-order valence-electron chi connectivity index (χ0n) is 19.3. The first-order valence-corrected chi connectivity index (χ1v) is 10.7. The van der Waals surface area contributed by atoms with Crippen LogP contribution in [0.15, 0.2) is 67.3 Å². The van der Waals surface area contributed by atoms with Gasteiger partial charge in [0.1, 0.15) is 5.75 Å². The maximum absolute atomic E-state index is 13.4. The Labute approximate surface area is 200 Å². The molecule has 1 N–H and O–H groups in total. The van der Waals surface area contributed by atoms with Crippen LogP contribution in [0.4, 0.5) is 13.2 Å². The number of benzene rings is 2. The average molecular weight is 480 g/mol. The highest BCUT2D eigenvalue weighted by molar-refractivity contribution is 6.02. The number of aryl methyl sites for hydroxylation is 2. The molecule has 4 rings (SSSR count). The molecule has 4 aromatic rings. The molecule has 0 unspecified atom stereocenters. The number of pyridine rings is 1. The van der Waals surface area contributed by atoms with Gasteiger partial charge in [-0.2, -0.15) is 18.3 Å². The summed E-state index contributed by atoms with van der Waals surface area (Å²) in [6.45, 7) is 1.84. The molecule has 180 valence electrons. The van der Waals surface area contributed by atoms with E-state index in [1.165, 1.54) is 19.2 Å². The number of hydrogen-bond acceptors (Lipinski definition) is 4. The Bertz CT molecular complexity index is 1380. The Kier molecular flexibility index (Phi) is 6.59. The number of hydrogen-bond donors (Lipinski definition) is 1. The number of carbonyl (C=O) groups is 1. The quantitative estimate of drug-likeness (QED) is 0.400. The molecule has 0 bridgehead atoms. The van der Waals surface area contributed by atoms with E-state index in [0.29, 0.717) is 16.7 Å². The van der Waals surface area contributed by atoms with Crippen molar-refractivity contribution in [3.8, 4) is 28.0 Å². The molecule has 0 radical (unpaired) electrons. The third-order valence-electron chi connectivity index (χ3n) is 5.51. The number of alkyl halides is 3. The molecule has 0 spiro atoms. The van der Waals surface area contributed by atoms with Gasteiger partial charge in [-0.25, -0.2) is 0 Å². The lowest BCUT2D eigenvalue weighted by Gasteiger charge is -2.15. The molecule has 0 aliphatic heterocycles. The van der Waals surface area contributed by atoms with Gasteiger partial charge in [0.05, 0.1) is 18.9 Å². The van der Waals surface area contributed by atoms with Crippen molar-refractivity contribution >= 4 is 5.91 Å².